The molecule has 0 atom stereocenters. The Labute approximate surface area is 156 Å². The molecule has 1 amide bonds. The van der Waals surface area contributed by atoms with Crippen LogP contribution < -0.4 is 9.62 Å². The number of aryl methyl sites for hydroxylation is 2. The van der Waals surface area contributed by atoms with Gasteiger partial charge in [-0.15, -0.1) is 0 Å². The standard InChI is InChI=1S/C20H26N2O3S/c1-16-13-17(2)15-19(14-16)22(26(3,24)25)12-10-20(23)21-11-9-18-7-5-4-6-8-18/h4-8,13-15H,9-12H2,1-3H3,(H,21,23). The van der Waals surface area contributed by atoms with Crippen molar-refractivity contribution in [3.05, 3.63) is 65.2 Å². The number of carbonyl (C=O) groups is 1. The lowest BCUT2D eigenvalue weighted by atomic mass is 10.1. The summed E-state index contributed by atoms with van der Waals surface area (Å²) in [5, 5.41) is 2.85. The molecule has 0 aliphatic rings. The number of sulfonamides is 1. The van der Waals surface area contributed by atoms with Crippen molar-refractivity contribution >= 4 is 21.6 Å². The predicted molar refractivity (Wildman–Crippen MR) is 106 cm³/mol. The van der Waals surface area contributed by atoms with Crippen LogP contribution in [-0.2, 0) is 21.2 Å². The van der Waals surface area contributed by atoms with Gasteiger partial charge in [0.2, 0.25) is 15.9 Å². The molecule has 0 saturated heterocycles. The zero-order valence-electron chi connectivity index (χ0n) is 15.5. The van der Waals surface area contributed by atoms with E-state index in [0.29, 0.717) is 12.2 Å². The van der Waals surface area contributed by atoms with E-state index < -0.39 is 10.0 Å². The van der Waals surface area contributed by atoms with Crippen molar-refractivity contribution in [3.8, 4) is 0 Å². The highest BCUT2D eigenvalue weighted by molar-refractivity contribution is 7.92. The molecule has 0 spiro atoms. The minimum absolute atomic E-state index is 0.120. The lowest BCUT2D eigenvalue weighted by Gasteiger charge is -2.23. The maximum Gasteiger partial charge on any atom is 0.232 e. The number of benzene rings is 2. The van der Waals surface area contributed by atoms with Crippen LogP contribution in [0.1, 0.15) is 23.1 Å². The van der Waals surface area contributed by atoms with Crippen molar-refractivity contribution < 1.29 is 13.2 Å². The molecule has 2 rings (SSSR count). The molecule has 0 bridgehead atoms. The van der Waals surface area contributed by atoms with Crippen LogP contribution in [0.3, 0.4) is 0 Å². The smallest absolute Gasteiger partial charge is 0.232 e. The Morgan fingerprint density at radius 3 is 2.23 bits per heavy atom. The van der Waals surface area contributed by atoms with Crippen LogP contribution in [0.25, 0.3) is 0 Å². The molecule has 0 radical (unpaired) electrons. The van der Waals surface area contributed by atoms with E-state index in [1.165, 1.54) is 4.31 Å². The predicted octanol–water partition coefficient (Wildman–Crippen LogP) is 2.82. The topological polar surface area (TPSA) is 66.5 Å². The van der Waals surface area contributed by atoms with Crippen molar-refractivity contribution in [3.63, 3.8) is 0 Å². The quantitative estimate of drug-likeness (QED) is 0.773. The summed E-state index contributed by atoms with van der Waals surface area (Å²) in [6.07, 6.45) is 2.03. The van der Waals surface area contributed by atoms with E-state index in [2.05, 4.69) is 5.32 Å². The number of anilines is 1. The van der Waals surface area contributed by atoms with Crippen LogP contribution >= 0.6 is 0 Å². The Bertz CT molecular complexity index is 828. The summed E-state index contributed by atoms with van der Waals surface area (Å²) in [6.45, 7) is 4.50. The minimum atomic E-state index is -3.46. The van der Waals surface area contributed by atoms with Gasteiger partial charge >= 0.3 is 0 Å². The highest BCUT2D eigenvalue weighted by atomic mass is 32.2. The van der Waals surface area contributed by atoms with Gasteiger partial charge in [-0.1, -0.05) is 36.4 Å². The maximum atomic E-state index is 12.2. The maximum absolute atomic E-state index is 12.2. The number of hydrogen-bond donors (Lipinski definition) is 1. The summed E-state index contributed by atoms with van der Waals surface area (Å²) in [5.74, 6) is -0.154. The average Bonchev–Trinajstić information content (AvgIpc) is 2.54. The monoisotopic (exact) mass is 374 g/mol. The number of nitrogens with zero attached hydrogens (tertiary/aromatic N) is 1. The van der Waals surface area contributed by atoms with E-state index in [4.69, 9.17) is 0 Å². The molecule has 1 N–H and O–H groups in total. The van der Waals surface area contributed by atoms with Gasteiger partial charge in [-0.25, -0.2) is 8.42 Å². The Balaban J connectivity index is 1.93. The molecule has 0 fully saturated rings. The summed E-state index contributed by atoms with van der Waals surface area (Å²) in [5.41, 5.74) is 3.73. The van der Waals surface area contributed by atoms with Gasteiger partial charge in [-0.05, 0) is 49.1 Å². The summed E-state index contributed by atoms with van der Waals surface area (Å²) < 4.78 is 25.6. The lowest BCUT2D eigenvalue weighted by molar-refractivity contribution is -0.120. The van der Waals surface area contributed by atoms with Crippen LogP contribution in [-0.4, -0.2) is 33.7 Å². The van der Waals surface area contributed by atoms with Gasteiger partial charge in [-0.2, -0.15) is 0 Å². The molecule has 5 nitrogen and oxygen atoms in total. The lowest BCUT2D eigenvalue weighted by Crippen LogP contribution is -2.35. The molecular formula is C20H26N2O3S. The third-order valence-electron chi connectivity index (χ3n) is 4.02. The van der Waals surface area contributed by atoms with Crippen LogP contribution in [0.5, 0.6) is 0 Å². The first kappa shape index (κ1) is 20.0. The number of rotatable bonds is 8. The van der Waals surface area contributed by atoms with E-state index in [9.17, 15) is 13.2 Å². The summed E-state index contributed by atoms with van der Waals surface area (Å²) in [4.78, 5) is 12.1. The van der Waals surface area contributed by atoms with E-state index in [1.54, 1.807) is 0 Å². The fourth-order valence-corrected chi connectivity index (χ4v) is 3.77. The van der Waals surface area contributed by atoms with Gasteiger partial charge < -0.3 is 5.32 Å². The SMILES string of the molecule is Cc1cc(C)cc(N(CCC(=O)NCCc2ccccc2)S(C)(=O)=O)c1. The third-order valence-corrected chi connectivity index (χ3v) is 5.21. The minimum Gasteiger partial charge on any atom is -0.356 e. The highest BCUT2D eigenvalue weighted by Crippen LogP contribution is 2.21. The molecule has 6 heteroatoms. The second-order valence-electron chi connectivity index (χ2n) is 6.52. The summed E-state index contributed by atoms with van der Waals surface area (Å²) in [7, 11) is -3.46. The summed E-state index contributed by atoms with van der Waals surface area (Å²) >= 11 is 0. The van der Waals surface area contributed by atoms with Crippen molar-refractivity contribution in [2.24, 2.45) is 0 Å². The molecular weight excluding hydrogens is 348 g/mol. The summed E-state index contributed by atoms with van der Waals surface area (Å²) in [6, 6.07) is 15.5. The Hall–Kier alpha value is -2.34. The second-order valence-corrected chi connectivity index (χ2v) is 8.42. The zero-order chi connectivity index (χ0) is 19.2. The van der Waals surface area contributed by atoms with Crippen LogP contribution in [0.4, 0.5) is 5.69 Å². The molecule has 0 unspecified atom stereocenters. The van der Waals surface area contributed by atoms with Gasteiger partial charge in [0.05, 0.1) is 11.9 Å². The normalized spacial score (nSPS) is 11.2. The van der Waals surface area contributed by atoms with Gasteiger partial charge in [-0.3, -0.25) is 9.10 Å². The number of amides is 1. The largest absolute Gasteiger partial charge is 0.356 e. The van der Waals surface area contributed by atoms with Crippen molar-refractivity contribution in [2.75, 3.05) is 23.7 Å². The van der Waals surface area contributed by atoms with Crippen molar-refractivity contribution in [1.82, 2.24) is 5.32 Å². The second kappa shape index (κ2) is 8.85. The van der Waals surface area contributed by atoms with Crippen molar-refractivity contribution in [1.29, 1.82) is 0 Å². The van der Waals surface area contributed by atoms with E-state index in [1.807, 2.05) is 62.4 Å². The first-order valence-electron chi connectivity index (χ1n) is 8.62. The number of hydrogen-bond acceptors (Lipinski definition) is 3. The molecule has 0 aliphatic heterocycles. The molecule has 26 heavy (non-hydrogen) atoms. The van der Waals surface area contributed by atoms with Crippen LogP contribution in [0.2, 0.25) is 0 Å². The molecule has 0 aliphatic carbocycles. The van der Waals surface area contributed by atoms with Gasteiger partial charge in [0.1, 0.15) is 0 Å². The third kappa shape index (κ3) is 6.19. The highest BCUT2D eigenvalue weighted by Gasteiger charge is 2.19. The Morgan fingerprint density at radius 2 is 1.65 bits per heavy atom. The van der Waals surface area contributed by atoms with Gasteiger partial charge in [0.15, 0.2) is 0 Å². The van der Waals surface area contributed by atoms with E-state index in [-0.39, 0.29) is 18.9 Å². The van der Waals surface area contributed by atoms with Crippen molar-refractivity contribution in [2.45, 2.75) is 26.7 Å². The Morgan fingerprint density at radius 1 is 1.04 bits per heavy atom. The fourth-order valence-electron chi connectivity index (χ4n) is 2.86. The first-order valence-corrected chi connectivity index (χ1v) is 10.5. The molecule has 2 aromatic rings. The van der Waals surface area contributed by atoms with Crippen LogP contribution in [0.15, 0.2) is 48.5 Å². The fraction of sp³-hybridized carbons (Fsp3) is 0.350. The molecule has 0 heterocycles. The molecule has 2 aromatic carbocycles. The van der Waals surface area contributed by atoms with E-state index >= 15 is 0 Å². The van der Waals surface area contributed by atoms with Gasteiger partial charge in [0, 0.05) is 19.5 Å². The Kier molecular flexibility index (Phi) is 6.80. The number of carbonyl (C=O) groups excluding carboxylic acids is 1. The average molecular weight is 375 g/mol. The molecule has 0 aromatic heterocycles. The van der Waals surface area contributed by atoms with Crippen LogP contribution in [0, 0.1) is 13.8 Å². The molecule has 0 saturated carbocycles. The zero-order valence-corrected chi connectivity index (χ0v) is 16.3. The number of nitrogens with one attached hydrogen (secondary N) is 1. The van der Waals surface area contributed by atoms with E-state index in [0.717, 1.165) is 29.4 Å². The first-order chi connectivity index (χ1) is 12.3. The van der Waals surface area contributed by atoms with Gasteiger partial charge in [0.25, 0.3) is 0 Å². The molecule has 140 valence electrons.